The number of anilines is 1. The second-order valence-electron chi connectivity index (χ2n) is 4.33. The Balaban J connectivity index is 2.71. The normalized spacial score (nSPS) is 12.9. The van der Waals surface area contributed by atoms with Gasteiger partial charge in [0.2, 0.25) is 5.95 Å². The molecule has 0 aliphatic heterocycles. The molecule has 1 heterocycles. The van der Waals surface area contributed by atoms with Gasteiger partial charge in [-0.25, -0.2) is 9.97 Å². The molecule has 1 aromatic rings. The topological polar surface area (TPSA) is 55.0 Å². The van der Waals surface area contributed by atoms with Crippen LogP contribution in [-0.2, 0) is 0 Å². The molecule has 0 bridgehead atoms. The number of aromatic nitrogens is 2. The summed E-state index contributed by atoms with van der Waals surface area (Å²) in [5, 5.41) is 0. The molecule has 0 aromatic carbocycles. The van der Waals surface area contributed by atoms with Crippen LogP contribution in [0.15, 0.2) is 12.4 Å². The Morgan fingerprint density at radius 3 is 2.20 bits per heavy atom. The molecule has 0 saturated carbocycles. The molecular weight excluding hydrogens is 188 g/mol. The second-order valence-corrected chi connectivity index (χ2v) is 4.33. The highest BCUT2D eigenvalue weighted by Gasteiger charge is 2.07. The number of hydrogen-bond donors (Lipinski definition) is 1. The van der Waals surface area contributed by atoms with Gasteiger partial charge in [0.15, 0.2) is 0 Å². The van der Waals surface area contributed by atoms with Crippen molar-refractivity contribution in [2.75, 3.05) is 18.5 Å². The lowest BCUT2D eigenvalue weighted by Crippen LogP contribution is -2.33. The first-order valence-electron chi connectivity index (χ1n) is 5.29. The van der Waals surface area contributed by atoms with Gasteiger partial charge in [-0.3, -0.25) is 0 Å². The van der Waals surface area contributed by atoms with Crippen molar-refractivity contribution in [3.8, 4) is 0 Å². The van der Waals surface area contributed by atoms with Crippen molar-refractivity contribution >= 4 is 5.95 Å². The first kappa shape index (κ1) is 11.9. The molecule has 0 spiro atoms. The minimum atomic E-state index is 0.128. The highest BCUT2D eigenvalue weighted by Crippen LogP contribution is 2.13. The maximum atomic E-state index is 5.71. The van der Waals surface area contributed by atoms with Gasteiger partial charge < -0.3 is 10.6 Å². The minimum Gasteiger partial charge on any atom is -0.342 e. The Morgan fingerprint density at radius 2 is 1.80 bits per heavy atom. The number of nitrogens with zero attached hydrogens (tertiary/aromatic N) is 3. The largest absolute Gasteiger partial charge is 0.342 e. The molecule has 1 aromatic heterocycles. The summed E-state index contributed by atoms with van der Waals surface area (Å²) in [5.74, 6) is 1.20. The molecule has 84 valence electrons. The quantitative estimate of drug-likeness (QED) is 0.812. The second kappa shape index (κ2) is 5.07. The Hall–Kier alpha value is -1.16. The van der Waals surface area contributed by atoms with Crippen LogP contribution in [0.25, 0.3) is 0 Å². The van der Waals surface area contributed by atoms with E-state index in [4.69, 9.17) is 5.73 Å². The molecule has 0 radical (unpaired) electrons. The molecule has 2 N–H and O–H groups in total. The molecule has 0 saturated heterocycles. The summed E-state index contributed by atoms with van der Waals surface area (Å²) >= 11 is 0. The van der Waals surface area contributed by atoms with E-state index in [9.17, 15) is 0 Å². The summed E-state index contributed by atoms with van der Waals surface area (Å²) in [5.41, 5.74) is 6.87. The first-order chi connectivity index (χ1) is 7.00. The molecule has 0 aliphatic rings. The standard InChI is InChI=1S/C11H20N4/c1-8(2)10-5-13-11(14-6-10)15(4)7-9(3)12/h5-6,8-9H,7,12H2,1-4H3. The average Bonchev–Trinajstić information content (AvgIpc) is 2.17. The molecule has 0 amide bonds. The summed E-state index contributed by atoms with van der Waals surface area (Å²) in [6, 6.07) is 0.128. The minimum absolute atomic E-state index is 0.128. The summed E-state index contributed by atoms with van der Waals surface area (Å²) in [7, 11) is 1.95. The Labute approximate surface area is 91.5 Å². The molecular formula is C11H20N4. The maximum Gasteiger partial charge on any atom is 0.225 e. The van der Waals surface area contributed by atoms with Crippen LogP contribution in [0.2, 0.25) is 0 Å². The third kappa shape index (κ3) is 3.47. The van der Waals surface area contributed by atoms with Crippen LogP contribution in [0.3, 0.4) is 0 Å². The third-order valence-corrected chi connectivity index (χ3v) is 2.23. The first-order valence-corrected chi connectivity index (χ1v) is 5.29. The van der Waals surface area contributed by atoms with Crippen LogP contribution >= 0.6 is 0 Å². The fourth-order valence-corrected chi connectivity index (χ4v) is 1.34. The third-order valence-electron chi connectivity index (χ3n) is 2.23. The summed E-state index contributed by atoms with van der Waals surface area (Å²) in [6.45, 7) is 6.99. The van der Waals surface area contributed by atoms with Crippen molar-refractivity contribution < 1.29 is 0 Å². The SMILES string of the molecule is CC(N)CN(C)c1ncc(C(C)C)cn1. The Bertz CT molecular complexity index is 292. The van der Waals surface area contributed by atoms with Crippen LogP contribution in [0, 0.1) is 0 Å². The zero-order chi connectivity index (χ0) is 11.4. The lowest BCUT2D eigenvalue weighted by Gasteiger charge is -2.19. The molecule has 15 heavy (non-hydrogen) atoms. The van der Waals surface area contributed by atoms with Crippen molar-refractivity contribution in [2.24, 2.45) is 5.73 Å². The van der Waals surface area contributed by atoms with Crippen LogP contribution in [0.4, 0.5) is 5.95 Å². The van der Waals surface area contributed by atoms with Gasteiger partial charge in [-0.15, -0.1) is 0 Å². The monoisotopic (exact) mass is 208 g/mol. The van der Waals surface area contributed by atoms with Crippen molar-refractivity contribution in [3.05, 3.63) is 18.0 Å². The molecule has 1 atom stereocenters. The van der Waals surface area contributed by atoms with E-state index in [2.05, 4.69) is 23.8 Å². The molecule has 4 nitrogen and oxygen atoms in total. The highest BCUT2D eigenvalue weighted by molar-refractivity contribution is 5.29. The van der Waals surface area contributed by atoms with E-state index >= 15 is 0 Å². The molecule has 4 heteroatoms. The van der Waals surface area contributed by atoms with E-state index in [0.717, 1.165) is 18.1 Å². The van der Waals surface area contributed by atoms with E-state index in [0.29, 0.717) is 5.92 Å². The van der Waals surface area contributed by atoms with Gasteiger partial charge in [-0.2, -0.15) is 0 Å². The van der Waals surface area contributed by atoms with Gasteiger partial charge in [0.25, 0.3) is 0 Å². The van der Waals surface area contributed by atoms with Gasteiger partial charge in [0, 0.05) is 32.0 Å². The van der Waals surface area contributed by atoms with Crippen molar-refractivity contribution in [3.63, 3.8) is 0 Å². The van der Waals surface area contributed by atoms with Gasteiger partial charge in [0.05, 0.1) is 0 Å². The molecule has 1 unspecified atom stereocenters. The Morgan fingerprint density at radius 1 is 1.27 bits per heavy atom. The van der Waals surface area contributed by atoms with E-state index in [1.165, 1.54) is 0 Å². The molecule has 0 fully saturated rings. The number of nitrogens with two attached hydrogens (primary N) is 1. The fraction of sp³-hybridized carbons (Fsp3) is 0.636. The molecule has 1 rings (SSSR count). The van der Waals surface area contributed by atoms with E-state index < -0.39 is 0 Å². The zero-order valence-electron chi connectivity index (χ0n) is 9.94. The van der Waals surface area contributed by atoms with Crippen LogP contribution in [0.5, 0.6) is 0 Å². The summed E-state index contributed by atoms with van der Waals surface area (Å²) in [4.78, 5) is 10.6. The fourth-order valence-electron chi connectivity index (χ4n) is 1.34. The highest BCUT2D eigenvalue weighted by atomic mass is 15.2. The Kier molecular flexibility index (Phi) is 4.03. The smallest absolute Gasteiger partial charge is 0.225 e. The lowest BCUT2D eigenvalue weighted by atomic mass is 10.1. The predicted molar refractivity (Wildman–Crippen MR) is 63.0 cm³/mol. The van der Waals surface area contributed by atoms with Crippen molar-refractivity contribution in [2.45, 2.75) is 32.7 Å². The average molecular weight is 208 g/mol. The van der Waals surface area contributed by atoms with Crippen molar-refractivity contribution in [1.29, 1.82) is 0 Å². The maximum absolute atomic E-state index is 5.71. The summed E-state index contributed by atoms with van der Waals surface area (Å²) in [6.07, 6.45) is 3.76. The van der Waals surface area contributed by atoms with Crippen LogP contribution in [0.1, 0.15) is 32.3 Å². The van der Waals surface area contributed by atoms with Gasteiger partial charge >= 0.3 is 0 Å². The van der Waals surface area contributed by atoms with Crippen LogP contribution < -0.4 is 10.6 Å². The van der Waals surface area contributed by atoms with Gasteiger partial charge in [0.1, 0.15) is 0 Å². The number of likely N-dealkylation sites (N-methyl/N-ethyl adjacent to an activating group) is 1. The van der Waals surface area contributed by atoms with E-state index in [-0.39, 0.29) is 6.04 Å². The van der Waals surface area contributed by atoms with E-state index in [1.807, 2.05) is 31.3 Å². The zero-order valence-corrected chi connectivity index (χ0v) is 9.94. The van der Waals surface area contributed by atoms with Gasteiger partial charge in [-0.05, 0) is 18.4 Å². The van der Waals surface area contributed by atoms with Gasteiger partial charge in [-0.1, -0.05) is 13.8 Å². The predicted octanol–water partition coefficient (Wildman–Crippen LogP) is 1.38. The number of hydrogen-bond acceptors (Lipinski definition) is 4. The van der Waals surface area contributed by atoms with Crippen molar-refractivity contribution in [1.82, 2.24) is 9.97 Å². The molecule has 0 aliphatic carbocycles. The van der Waals surface area contributed by atoms with E-state index in [1.54, 1.807) is 0 Å². The lowest BCUT2D eigenvalue weighted by molar-refractivity contribution is 0.702. The van der Waals surface area contributed by atoms with Crippen LogP contribution in [-0.4, -0.2) is 29.6 Å². The number of rotatable bonds is 4. The summed E-state index contributed by atoms with van der Waals surface area (Å²) < 4.78 is 0.